The zero-order chi connectivity index (χ0) is 7.23. The fourth-order valence-electron chi connectivity index (χ4n) is 1.46. The number of rotatable bonds is 2. The van der Waals surface area contributed by atoms with Crippen molar-refractivity contribution in [3.8, 4) is 0 Å². The van der Waals surface area contributed by atoms with Crippen LogP contribution in [-0.2, 0) is 4.74 Å². The summed E-state index contributed by atoms with van der Waals surface area (Å²) in [6, 6.07) is 0. The molecule has 2 nitrogen and oxygen atoms in total. The third-order valence-electron chi connectivity index (χ3n) is 2.06. The highest BCUT2D eigenvalue weighted by molar-refractivity contribution is 4.63. The Kier molecular flexibility index (Phi) is 3.76. The number of ether oxygens (including phenoxy) is 1. The smallest absolute Gasteiger partial charge is 0.0469 e. The molecule has 1 atom stereocenters. The zero-order valence-electron chi connectivity index (χ0n) is 6.73. The minimum atomic E-state index is 0.854. The monoisotopic (exact) mass is 143 g/mol. The Bertz CT molecular complexity index is 77.3. The van der Waals surface area contributed by atoms with Gasteiger partial charge in [0.05, 0.1) is 0 Å². The summed E-state index contributed by atoms with van der Waals surface area (Å²) in [5.74, 6) is 0.854. The van der Waals surface area contributed by atoms with Crippen LogP contribution in [0.25, 0.3) is 0 Å². The van der Waals surface area contributed by atoms with Gasteiger partial charge in [0, 0.05) is 13.2 Å². The summed E-state index contributed by atoms with van der Waals surface area (Å²) in [4.78, 5) is 0. The molecule has 1 saturated heterocycles. The standard InChI is InChI=1S/C8H17NO/c1-9-7-8-3-2-5-10-6-4-8/h8-9H,2-7H2,1H3. The van der Waals surface area contributed by atoms with Crippen LogP contribution in [0.3, 0.4) is 0 Å². The molecule has 1 heterocycles. The van der Waals surface area contributed by atoms with Crippen molar-refractivity contribution in [1.29, 1.82) is 0 Å². The SMILES string of the molecule is CNCC1CCCOCC1. The van der Waals surface area contributed by atoms with E-state index in [1.807, 2.05) is 7.05 Å². The Morgan fingerprint density at radius 2 is 2.30 bits per heavy atom. The number of nitrogens with one attached hydrogen (secondary N) is 1. The minimum Gasteiger partial charge on any atom is -0.381 e. The molecular weight excluding hydrogens is 126 g/mol. The Balaban J connectivity index is 2.15. The summed E-state index contributed by atoms with van der Waals surface area (Å²) < 4.78 is 5.34. The maximum atomic E-state index is 5.34. The fraction of sp³-hybridized carbons (Fsp3) is 1.00. The second-order valence-electron chi connectivity index (χ2n) is 2.97. The highest BCUT2D eigenvalue weighted by Gasteiger charge is 2.10. The molecule has 1 rings (SSSR count). The molecule has 2 heteroatoms. The van der Waals surface area contributed by atoms with Crippen molar-refractivity contribution in [3.05, 3.63) is 0 Å². The van der Waals surface area contributed by atoms with Crippen LogP contribution in [0.5, 0.6) is 0 Å². The molecule has 1 unspecified atom stereocenters. The summed E-state index contributed by atoms with van der Waals surface area (Å²) >= 11 is 0. The molecule has 1 N–H and O–H groups in total. The van der Waals surface area contributed by atoms with Gasteiger partial charge in [-0.3, -0.25) is 0 Å². The predicted octanol–water partition coefficient (Wildman–Crippen LogP) is 1.02. The fourth-order valence-corrected chi connectivity index (χ4v) is 1.46. The van der Waals surface area contributed by atoms with E-state index in [0.717, 1.165) is 25.7 Å². The molecule has 1 aliphatic heterocycles. The van der Waals surface area contributed by atoms with Gasteiger partial charge in [-0.2, -0.15) is 0 Å². The lowest BCUT2D eigenvalue weighted by Crippen LogP contribution is -2.18. The maximum absolute atomic E-state index is 5.34. The van der Waals surface area contributed by atoms with E-state index in [0.29, 0.717) is 0 Å². The first-order valence-corrected chi connectivity index (χ1v) is 4.16. The third kappa shape index (κ3) is 2.67. The van der Waals surface area contributed by atoms with Crippen LogP contribution in [0, 0.1) is 5.92 Å². The average molecular weight is 143 g/mol. The van der Waals surface area contributed by atoms with Crippen LogP contribution in [0.15, 0.2) is 0 Å². The molecule has 1 fully saturated rings. The largest absolute Gasteiger partial charge is 0.381 e. The van der Waals surface area contributed by atoms with E-state index in [4.69, 9.17) is 4.74 Å². The van der Waals surface area contributed by atoms with Gasteiger partial charge >= 0.3 is 0 Å². The summed E-state index contributed by atoms with van der Waals surface area (Å²) in [5, 5.41) is 3.21. The van der Waals surface area contributed by atoms with Crippen LogP contribution in [0.4, 0.5) is 0 Å². The lowest BCUT2D eigenvalue weighted by molar-refractivity contribution is 0.141. The molecule has 0 spiro atoms. The molecular formula is C8H17NO. The average Bonchev–Trinajstić information content (AvgIpc) is 2.17. The van der Waals surface area contributed by atoms with E-state index in [1.54, 1.807) is 0 Å². The molecule has 0 aliphatic carbocycles. The van der Waals surface area contributed by atoms with E-state index in [-0.39, 0.29) is 0 Å². The van der Waals surface area contributed by atoms with E-state index in [9.17, 15) is 0 Å². The van der Waals surface area contributed by atoms with Crippen molar-refractivity contribution < 1.29 is 4.74 Å². The molecule has 0 aromatic rings. The van der Waals surface area contributed by atoms with E-state index >= 15 is 0 Å². The van der Waals surface area contributed by atoms with Crippen LogP contribution >= 0.6 is 0 Å². The first-order chi connectivity index (χ1) is 4.93. The first kappa shape index (κ1) is 8.02. The van der Waals surface area contributed by atoms with Crippen molar-refractivity contribution in [2.75, 3.05) is 26.8 Å². The van der Waals surface area contributed by atoms with Gasteiger partial charge < -0.3 is 10.1 Å². The highest BCUT2D eigenvalue weighted by Crippen LogP contribution is 2.13. The van der Waals surface area contributed by atoms with Crippen molar-refractivity contribution in [2.24, 2.45) is 5.92 Å². The molecule has 1 aliphatic rings. The Labute approximate surface area is 63.0 Å². The summed E-state index contributed by atoms with van der Waals surface area (Å²) in [6.45, 7) is 3.09. The Morgan fingerprint density at radius 3 is 3.10 bits per heavy atom. The second kappa shape index (κ2) is 4.69. The van der Waals surface area contributed by atoms with Gasteiger partial charge in [0.2, 0.25) is 0 Å². The van der Waals surface area contributed by atoms with Crippen molar-refractivity contribution >= 4 is 0 Å². The third-order valence-corrected chi connectivity index (χ3v) is 2.06. The van der Waals surface area contributed by atoms with Crippen LogP contribution in [0.1, 0.15) is 19.3 Å². The number of hydrogen-bond acceptors (Lipinski definition) is 2. The predicted molar refractivity (Wildman–Crippen MR) is 42.1 cm³/mol. The lowest BCUT2D eigenvalue weighted by atomic mass is 10.0. The van der Waals surface area contributed by atoms with Gasteiger partial charge in [0.25, 0.3) is 0 Å². The molecule has 0 radical (unpaired) electrons. The van der Waals surface area contributed by atoms with Gasteiger partial charge in [-0.05, 0) is 38.8 Å². The van der Waals surface area contributed by atoms with E-state index in [1.165, 1.54) is 19.3 Å². The topological polar surface area (TPSA) is 21.3 Å². The second-order valence-corrected chi connectivity index (χ2v) is 2.97. The van der Waals surface area contributed by atoms with Crippen LogP contribution in [-0.4, -0.2) is 26.8 Å². The van der Waals surface area contributed by atoms with Crippen molar-refractivity contribution in [2.45, 2.75) is 19.3 Å². The lowest BCUT2D eigenvalue weighted by Gasteiger charge is -2.10. The van der Waals surface area contributed by atoms with Gasteiger partial charge in [0.15, 0.2) is 0 Å². The quantitative estimate of drug-likeness (QED) is 0.623. The normalized spacial score (nSPS) is 27.9. The van der Waals surface area contributed by atoms with Gasteiger partial charge in [-0.15, -0.1) is 0 Å². The highest BCUT2D eigenvalue weighted by atomic mass is 16.5. The molecule has 0 amide bonds. The summed E-state index contributed by atoms with van der Waals surface area (Å²) in [6.07, 6.45) is 3.81. The van der Waals surface area contributed by atoms with Gasteiger partial charge in [0.1, 0.15) is 0 Å². The molecule has 0 aromatic carbocycles. The molecule has 10 heavy (non-hydrogen) atoms. The number of hydrogen-bond donors (Lipinski definition) is 1. The summed E-state index contributed by atoms with van der Waals surface area (Å²) in [7, 11) is 2.02. The van der Waals surface area contributed by atoms with E-state index < -0.39 is 0 Å². The maximum Gasteiger partial charge on any atom is 0.0469 e. The van der Waals surface area contributed by atoms with Gasteiger partial charge in [-0.25, -0.2) is 0 Å². The zero-order valence-corrected chi connectivity index (χ0v) is 6.73. The van der Waals surface area contributed by atoms with Crippen molar-refractivity contribution in [1.82, 2.24) is 5.32 Å². The molecule has 60 valence electrons. The molecule has 0 aromatic heterocycles. The minimum absolute atomic E-state index is 0.854. The molecule has 0 saturated carbocycles. The Morgan fingerprint density at radius 1 is 1.40 bits per heavy atom. The van der Waals surface area contributed by atoms with E-state index in [2.05, 4.69) is 5.32 Å². The molecule has 0 bridgehead atoms. The van der Waals surface area contributed by atoms with Gasteiger partial charge in [-0.1, -0.05) is 0 Å². The Hall–Kier alpha value is -0.0800. The van der Waals surface area contributed by atoms with Crippen LogP contribution in [0.2, 0.25) is 0 Å². The van der Waals surface area contributed by atoms with Crippen LogP contribution < -0.4 is 5.32 Å². The first-order valence-electron chi connectivity index (χ1n) is 4.16. The van der Waals surface area contributed by atoms with Crippen molar-refractivity contribution in [3.63, 3.8) is 0 Å². The summed E-state index contributed by atoms with van der Waals surface area (Å²) in [5.41, 5.74) is 0.